The van der Waals surface area contributed by atoms with E-state index in [0.717, 1.165) is 11.1 Å². The van der Waals surface area contributed by atoms with Gasteiger partial charge in [-0.1, -0.05) is 30.3 Å². The fraction of sp³-hybridized carbons (Fsp3) is 0.0870. The van der Waals surface area contributed by atoms with Crippen molar-refractivity contribution in [1.82, 2.24) is 5.43 Å². The molecule has 0 fully saturated rings. The number of nitrogens with one attached hydrogen (secondary N) is 1. The summed E-state index contributed by atoms with van der Waals surface area (Å²) in [5, 5.41) is 3.95. The zero-order valence-electron chi connectivity index (χ0n) is 15.9. The van der Waals surface area contributed by atoms with Crippen LogP contribution in [0.2, 0.25) is 0 Å². The third-order valence-corrected chi connectivity index (χ3v) is 4.03. The maximum absolute atomic E-state index is 12.2. The lowest BCUT2D eigenvalue weighted by Gasteiger charge is -2.05. The average molecular weight is 388 g/mol. The third-order valence-electron chi connectivity index (χ3n) is 4.03. The van der Waals surface area contributed by atoms with Crippen molar-refractivity contribution < 1.29 is 19.1 Å². The highest BCUT2D eigenvalue weighted by atomic mass is 16.5. The number of carbonyl (C=O) groups is 2. The molecule has 0 aliphatic rings. The van der Waals surface area contributed by atoms with Crippen LogP contribution in [0.1, 0.15) is 21.5 Å². The summed E-state index contributed by atoms with van der Waals surface area (Å²) in [5.41, 5.74) is 4.60. The van der Waals surface area contributed by atoms with Crippen molar-refractivity contribution in [1.29, 1.82) is 0 Å². The molecule has 0 radical (unpaired) electrons. The molecule has 0 aliphatic carbocycles. The SMILES string of the molecule is COc1ccc(C(=O)Oc2ccc(/C=N/NC(=O)Cc3ccccc3)cc2)cc1. The molecule has 6 heteroatoms. The van der Waals surface area contributed by atoms with Crippen molar-refractivity contribution in [2.45, 2.75) is 6.42 Å². The molecule has 0 saturated carbocycles. The molecule has 0 atom stereocenters. The second-order valence-electron chi connectivity index (χ2n) is 6.14. The van der Waals surface area contributed by atoms with Crippen LogP contribution in [0.15, 0.2) is 84.0 Å². The number of hydrogen-bond acceptors (Lipinski definition) is 5. The summed E-state index contributed by atoms with van der Waals surface area (Å²) >= 11 is 0. The first-order chi connectivity index (χ1) is 14.1. The summed E-state index contributed by atoms with van der Waals surface area (Å²) in [6.45, 7) is 0. The highest BCUT2D eigenvalue weighted by molar-refractivity contribution is 5.91. The smallest absolute Gasteiger partial charge is 0.343 e. The predicted octanol–water partition coefficient (Wildman–Crippen LogP) is 3.61. The minimum Gasteiger partial charge on any atom is -0.497 e. The van der Waals surface area contributed by atoms with Crippen LogP contribution in [-0.4, -0.2) is 25.2 Å². The van der Waals surface area contributed by atoms with Gasteiger partial charge in [0.05, 0.1) is 25.3 Å². The van der Waals surface area contributed by atoms with Crippen molar-refractivity contribution in [2.75, 3.05) is 7.11 Å². The number of nitrogens with zero attached hydrogens (tertiary/aromatic N) is 1. The Morgan fingerprint density at radius 3 is 2.21 bits per heavy atom. The summed E-state index contributed by atoms with van der Waals surface area (Å²) < 4.78 is 10.4. The molecule has 146 valence electrons. The number of ether oxygens (including phenoxy) is 2. The number of hydrogen-bond donors (Lipinski definition) is 1. The van der Waals surface area contributed by atoms with E-state index in [2.05, 4.69) is 10.5 Å². The highest BCUT2D eigenvalue weighted by Gasteiger charge is 2.08. The number of amides is 1. The Hall–Kier alpha value is -3.93. The van der Waals surface area contributed by atoms with E-state index < -0.39 is 5.97 Å². The summed E-state index contributed by atoms with van der Waals surface area (Å²) in [4.78, 5) is 24.0. The molecule has 0 bridgehead atoms. The lowest BCUT2D eigenvalue weighted by atomic mass is 10.1. The van der Waals surface area contributed by atoms with Crippen LogP contribution >= 0.6 is 0 Å². The van der Waals surface area contributed by atoms with Gasteiger partial charge < -0.3 is 9.47 Å². The summed E-state index contributed by atoms with van der Waals surface area (Å²) in [7, 11) is 1.56. The Balaban J connectivity index is 1.50. The lowest BCUT2D eigenvalue weighted by Crippen LogP contribution is -2.19. The Morgan fingerprint density at radius 2 is 1.55 bits per heavy atom. The van der Waals surface area contributed by atoms with E-state index in [9.17, 15) is 9.59 Å². The van der Waals surface area contributed by atoms with Crippen LogP contribution in [0.25, 0.3) is 0 Å². The first-order valence-corrected chi connectivity index (χ1v) is 8.96. The molecule has 3 aromatic carbocycles. The molecule has 1 amide bonds. The van der Waals surface area contributed by atoms with E-state index in [-0.39, 0.29) is 12.3 Å². The second kappa shape index (κ2) is 9.85. The standard InChI is InChI=1S/C23H20N2O4/c1-28-20-13-9-19(10-14-20)23(27)29-21-11-7-18(8-12-21)16-24-25-22(26)15-17-5-3-2-4-6-17/h2-14,16H,15H2,1H3,(H,25,26)/b24-16+. The van der Waals surface area contributed by atoms with Crippen LogP contribution in [0.3, 0.4) is 0 Å². The molecule has 0 spiro atoms. The Morgan fingerprint density at radius 1 is 0.897 bits per heavy atom. The zero-order valence-corrected chi connectivity index (χ0v) is 15.9. The Labute approximate surface area is 168 Å². The molecule has 0 heterocycles. The van der Waals surface area contributed by atoms with Crippen LogP contribution in [0, 0.1) is 0 Å². The lowest BCUT2D eigenvalue weighted by molar-refractivity contribution is -0.120. The van der Waals surface area contributed by atoms with Gasteiger partial charge in [0.25, 0.3) is 0 Å². The van der Waals surface area contributed by atoms with Gasteiger partial charge in [-0.25, -0.2) is 10.2 Å². The fourth-order valence-electron chi connectivity index (χ4n) is 2.51. The number of carbonyl (C=O) groups excluding carboxylic acids is 2. The van der Waals surface area contributed by atoms with Gasteiger partial charge >= 0.3 is 5.97 Å². The molecule has 3 rings (SSSR count). The van der Waals surface area contributed by atoms with Gasteiger partial charge in [0.1, 0.15) is 11.5 Å². The zero-order chi connectivity index (χ0) is 20.5. The van der Waals surface area contributed by atoms with Gasteiger partial charge in [0.15, 0.2) is 0 Å². The second-order valence-corrected chi connectivity index (χ2v) is 6.14. The number of benzene rings is 3. The van der Waals surface area contributed by atoms with Crippen molar-refractivity contribution in [3.8, 4) is 11.5 Å². The molecule has 0 aromatic heterocycles. The van der Waals surface area contributed by atoms with E-state index in [1.54, 1.807) is 55.6 Å². The van der Waals surface area contributed by atoms with E-state index >= 15 is 0 Å². The first kappa shape index (κ1) is 19.8. The molecule has 0 saturated heterocycles. The fourth-order valence-corrected chi connectivity index (χ4v) is 2.51. The van der Waals surface area contributed by atoms with Crippen molar-refractivity contribution in [2.24, 2.45) is 5.10 Å². The van der Waals surface area contributed by atoms with Gasteiger partial charge in [0.2, 0.25) is 5.91 Å². The Bertz CT molecular complexity index is 982. The van der Waals surface area contributed by atoms with E-state index in [4.69, 9.17) is 9.47 Å². The van der Waals surface area contributed by atoms with Crippen LogP contribution in [-0.2, 0) is 11.2 Å². The maximum atomic E-state index is 12.2. The topological polar surface area (TPSA) is 77.0 Å². The quantitative estimate of drug-likeness (QED) is 0.290. The highest BCUT2D eigenvalue weighted by Crippen LogP contribution is 2.16. The van der Waals surface area contributed by atoms with Gasteiger partial charge in [-0.2, -0.15) is 5.10 Å². The van der Waals surface area contributed by atoms with E-state index in [0.29, 0.717) is 17.1 Å². The minimum absolute atomic E-state index is 0.197. The van der Waals surface area contributed by atoms with Crippen molar-refractivity contribution >= 4 is 18.1 Å². The average Bonchev–Trinajstić information content (AvgIpc) is 2.75. The van der Waals surface area contributed by atoms with E-state index in [1.807, 2.05) is 30.3 Å². The van der Waals surface area contributed by atoms with Gasteiger partial charge in [-0.05, 0) is 59.7 Å². The third kappa shape index (κ3) is 6.04. The normalized spacial score (nSPS) is 10.5. The number of rotatable bonds is 7. The molecule has 6 nitrogen and oxygen atoms in total. The Kier molecular flexibility index (Phi) is 6.73. The van der Waals surface area contributed by atoms with Gasteiger partial charge in [-0.3, -0.25) is 4.79 Å². The molecular weight excluding hydrogens is 368 g/mol. The largest absolute Gasteiger partial charge is 0.497 e. The molecule has 0 unspecified atom stereocenters. The maximum Gasteiger partial charge on any atom is 0.343 e. The summed E-state index contributed by atoms with van der Waals surface area (Å²) in [5.74, 6) is 0.428. The first-order valence-electron chi connectivity index (χ1n) is 8.96. The molecule has 0 aliphatic heterocycles. The monoisotopic (exact) mass is 388 g/mol. The van der Waals surface area contributed by atoms with E-state index in [1.165, 1.54) is 6.21 Å². The molecule has 3 aromatic rings. The van der Waals surface area contributed by atoms with Crippen LogP contribution in [0.4, 0.5) is 0 Å². The van der Waals surface area contributed by atoms with Crippen LogP contribution in [0.5, 0.6) is 11.5 Å². The van der Waals surface area contributed by atoms with Gasteiger partial charge in [0, 0.05) is 0 Å². The minimum atomic E-state index is -0.456. The van der Waals surface area contributed by atoms with Crippen LogP contribution < -0.4 is 14.9 Å². The molecule has 29 heavy (non-hydrogen) atoms. The number of hydrazone groups is 1. The molecular formula is C23H20N2O4. The molecule has 1 N–H and O–H groups in total. The number of methoxy groups -OCH3 is 1. The van der Waals surface area contributed by atoms with Crippen molar-refractivity contribution in [3.05, 3.63) is 95.6 Å². The predicted molar refractivity (Wildman–Crippen MR) is 110 cm³/mol. The van der Waals surface area contributed by atoms with Gasteiger partial charge in [-0.15, -0.1) is 0 Å². The summed E-state index contributed by atoms with van der Waals surface area (Å²) in [6.07, 6.45) is 1.79. The summed E-state index contributed by atoms with van der Waals surface area (Å²) in [6, 6.07) is 22.9. The van der Waals surface area contributed by atoms with Crippen molar-refractivity contribution in [3.63, 3.8) is 0 Å². The number of esters is 1.